The maximum atomic E-state index is 6.15. The Labute approximate surface area is 139 Å². The van der Waals surface area contributed by atoms with Gasteiger partial charge in [0, 0.05) is 29.7 Å². The summed E-state index contributed by atoms with van der Waals surface area (Å²) in [5, 5.41) is 0.945. The first-order valence-electron chi connectivity index (χ1n) is 7.58. The molecule has 5 heteroatoms. The van der Waals surface area contributed by atoms with Crippen LogP contribution in [0.4, 0.5) is 0 Å². The summed E-state index contributed by atoms with van der Waals surface area (Å²) in [5.41, 5.74) is 2.38. The largest absolute Gasteiger partial charge is 0.454 e. The van der Waals surface area contributed by atoms with Crippen molar-refractivity contribution in [2.45, 2.75) is 6.92 Å². The predicted molar refractivity (Wildman–Crippen MR) is 91.8 cm³/mol. The van der Waals surface area contributed by atoms with Crippen LogP contribution >= 0.6 is 0 Å². The second-order valence-corrected chi connectivity index (χ2v) is 5.30. The summed E-state index contributed by atoms with van der Waals surface area (Å²) in [5.74, 6) is 1.88. The lowest BCUT2D eigenvalue weighted by Gasteiger charge is -2.12. The number of benzene rings is 1. The first-order valence-corrected chi connectivity index (χ1v) is 7.58. The van der Waals surface area contributed by atoms with Crippen LogP contribution in [-0.2, 0) is 0 Å². The highest BCUT2D eigenvalue weighted by molar-refractivity contribution is 5.85. The molecule has 0 saturated carbocycles. The van der Waals surface area contributed by atoms with E-state index in [-0.39, 0.29) is 0 Å². The normalized spacial score (nSPS) is 10.7. The second-order valence-electron chi connectivity index (χ2n) is 5.30. The molecule has 0 unspecified atom stereocenters. The summed E-state index contributed by atoms with van der Waals surface area (Å²) in [6.07, 6.45) is 5.12. The van der Waals surface area contributed by atoms with Gasteiger partial charge in [0.2, 0.25) is 0 Å². The maximum Gasteiger partial charge on any atom is 0.181 e. The fraction of sp³-hybridized carbons (Fsp3) is 0.0526. The molecule has 3 aromatic heterocycles. The Morgan fingerprint density at radius 3 is 2.46 bits per heavy atom. The number of hydrogen-bond donors (Lipinski definition) is 0. The molecule has 0 aliphatic rings. The smallest absolute Gasteiger partial charge is 0.181 e. The van der Waals surface area contributed by atoms with E-state index in [2.05, 4.69) is 19.9 Å². The zero-order valence-electron chi connectivity index (χ0n) is 13.0. The molecule has 24 heavy (non-hydrogen) atoms. The lowest BCUT2D eigenvalue weighted by atomic mass is 10.2. The van der Waals surface area contributed by atoms with Gasteiger partial charge in [-0.1, -0.05) is 12.1 Å². The second kappa shape index (κ2) is 6.04. The molecule has 0 fully saturated rings. The molecular formula is C19H14N4O. The van der Waals surface area contributed by atoms with Gasteiger partial charge in [0.05, 0.1) is 5.52 Å². The summed E-state index contributed by atoms with van der Waals surface area (Å²) in [6.45, 7) is 1.93. The summed E-state index contributed by atoms with van der Waals surface area (Å²) >= 11 is 0. The molecule has 4 aromatic rings. The number of pyridine rings is 2. The van der Waals surface area contributed by atoms with Crippen LogP contribution in [0.15, 0.2) is 67.1 Å². The standard InChI is InChI=1S/C19H14N4O/c1-13-7-8-17(18(23-13)19-21-10-4-11-22-19)24-16-9-12-20-15-6-3-2-5-14(15)16/h2-12H,1H3. The monoisotopic (exact) mass is 314 g/mol. The van der Waals surface area contributed by atoms with Crippen molar-refractivity contribution in [1.82, 2.24) is 19.9 Å². The highest BCUT2D eigenvalue weighted by Gasteiger charge is 2.13. The molecule has 116 valence electrons. The summed E-state index contributed by atoms with van der Waals surface area (Å²) < 4.78 is 6.15. The van der Waals surface area contributed by atoms with Crippen LogP contribution in [0.5, 0.6) is 11.5 Å². The molecule has 3 heterocycles. The lowest BCUT2D eigenvalue weighted by Crippen LogP contribution is -1.97. The highest BCUT2D eigenvalue weighted by atomic mass is 16.5. The predicted octanol–water partition coefficient (Wildman–Crippen LogP) is 4.19. The number of nitrogens with zero attached hydrogens (tertiary/aromatic N) is 4. The van der Waals surface area contributed by atoms with E-state index in [1.54, 1.807) is 24.7 Å². The summed E-state index contributed by atoms with van der Waals surface area (Å²) in [7, 11) is 0. The summed E-state index contributed by atoms with van der Waals surface area (Å²) in [4.78, 5) is 17.5. The zero-order chi connectivity index (χ0) is 16.4. The van der Waals surface area contributed by atoms with E-state index in [1.807, 2.05) is 49.4 Å². The van der Waals surface area contributed by atoms with Gasteiger partial charge in [0.25, 0.3) is 0 Å². The molecule has 1 aromatic carbocycles. The SMILES string of the molecule is Cc1ccc(Oc2ccnc3ccccc23)c(-c2ncccn2)n1. The van der Waals surface area contributed by atoms with Gasteiger partial charge in [-0.2, -0.15) is 0 Å². The Morgan fingerprint density at radius 1 is 0.750 bits per heavy atom. The molecule has 0 spiro atoms. The number of fused-ring (bicyclic) bond motifs is 1. The zero-order valence-corrected chi connectivity index (χ0v) is 13.0. The van der Waals surface area contributed by atoms with E-state index in [4.69, 9.17) is 4.74 Å². The Kier molecular flexibility index (Phi) is 3.59. The van der Waals surface area contributed by atoms with Gasteiger partial charge in [0.1, 0.15) is 5.75 Å². The molecular weight excluding hydrogens is 300 g/mol. The van der Waals surface area contributed by atoms with Crippen LogP contribution in [0.25, 0.3) is 22.4 Å². The average Bonchev–Trinajstić information content (AvgIpc) is 2.64. The van der Waals surface area contributed by atoms with E-state index >= 15 is 0 Å². The third-order valence-corrected chi connectivity index (χ3v) is 3.60. The number of para-hydroxylation sites is 1. The molecule has 0 atom stereocenters. The van der Waals surface area contributed by atoms with Crippen molar-refractivity contribution < 1.29 is 4.74 Å². The minimum Gasteiger partial charge on any atom is -0.454 e. The number of rotatable bonds is 3. The minimum absolute atomic E-state index is 0.537. The molecule has 0 N–H and O–H groups in total. The van der Waals surface area contributed by atoms with Gasteiger partial charge < -0.3 is 4.74 Å². The van der Waals surface area contributed by atoms with Crippen LogP contribution in [0, 0.1) is 6.92 Å². The van der Waals surface area contributed by atoms with Crippen molar-refractivity contribution in [3.8, 4) is 23.0 Å². The Bertz CT molecular complexity index is 997. The van der Waals surface area contributed by atoms with Gasteiger partial charge in [-0.15, -0.1) is 0 Å². The van der Waals surface area contributed by atoms with Gasteiger partial charge in [-0.3, -0.25) is 4.98 Å². The van der Waals surface area contributed by atoms with E-state index in [9.17, 15) is 0 Å². The average molecular weight is 314 g/mol. The van der Waals surface area contributed by atoms with Crippen LogP contribution in [0.2, 0.25) is 0 Å². The van der Waals surface area contributed by atoms with Crippen molar-refractivity contribution in [3.63, 3.8) is 0 Å². The van der Waals surface area contributed by atoms with Crippen molar-refractivity contribution in [3.05, 3.63) is 72.8 Å². The molecule has 0 aliphatic heterocycles. The molecule has 0 bridgehead atoms. The number of aryl methyl sites for hydroxylation is 1. The fourth-order valence-electron chi connectivity index (χ4n) is 2.48. The van der Waals surface area contributed by atoms with Crippen LogP contribution in [0.1, 0.15) is 5.69 Å². The molecule has 0 radical (unpaired) electrons. The van der Waals surface area contributed by atoms with Gasteiger partial charge in [-0.05, 0) is 43.3 Å². The molecule has 0 amide bonds. The van der Waals surface area contributed by atoms with Crippen molar-refractivity contribution in [2.24, 2.45) is 0 Å². The summed E-state index contributed by atoms with van der Waals surface area (Å²) in [6, 6.07) is 15.3. The topological polar surface area (TPSA) is 60.8 Å². The lowest BCUT2D eigenvalue weighted by molar-refractivity contribution is 0.487. The van der Waals surface area contributed by atoms with Crippen LogP contribution in [-0.4, -0.2) is 19.9 Å². The Hall–Kier alpha value is -3.34. The van der Waals surface area contributed by atoms with Gasteiger partial charge in [-0.25, -0.2) is 15.0 Å². The Balaban J connectivity index is 1.83. The first kappa shape index (κ1) is 14.3. The molecule has 0 saturated heterocycles. The molecule has 0 aliphatic carbocycles. The third kappa shape index (κ3) is 2.67. The van der Waals surface area contributed by atoms with Crippen LogP contribution < -0.4 is 4.74 Å². The number of hydrogen-bond acceptors (Lipinski definition) is 5. The van der Waals surface area contributed by atoms with Crippen molar-refractivity contribution in [2.75, 3.05) is 0 Å². The van der Waals surface area contributed by atoms with Gasteiger partial charge >= 0.3 is 0 Å². The molecule has 5 nitrogen and oxygen atoms in total. The highest BCUT2D eigenvalue weighted by Crippen LogP contribution is 2.33. The number of aromatic nitrogens is 4. The Morgan fingerprint density at radius 2 is 1.58 bits per heavy atom. The van der Waals surface area contributed by atoms with Crippen molar-refractivity contribution >= 4 is 10.9 Å². The fourth-order valence-corrected chi connectivity index (χ4v) is 2.48. The maximum absolute atomic E-state index is 6.15. The minimum atomic E-state index is 0.537. The first-order chi connectivity index (χ1) is 11.8. The van der Waals surface area contributed by atoms with Crippen molar-refractivity contribution in [1.29, 1.82) is 0 Å². The number of ether oxygens (including phenoxy) is 1. The van der Waals surface area contributed by atoms with E-state index < -0.39 is 0 Å². The van der Waals surface area contributed by atoms with E-state index in [0.29, 0.717) is 17.3 Å². The quantitative estimate of drug-likeness (QED) is 0.567. The molecule has 4 rings (SSSR count). The van der Waals surface area contributed by atoms with Crippen LogP contribution in [0.3, 0.4) is 0 Å². The van der Waals surface area contributed by atoms with Gasteiger partial charge in [0.15, 0.2) is 17.3 Å². The van der Waals surface area contributed by atoms with E-state index in [0.717, 1.165) is 22.3 Å². The third-order valence-electron chi connectivity index (χ3n) is 3.60. The van der Waals surface area contributed by atoms with E-state index in [1.165, 1.54) is 0 Å².